The van der Waals surface area contributed by atoms with E-state index in [2.05, 4.69) is 33.7 Å². The van der Waals surface area contributed by atoms with Crippen LogP contribution in [-0.2, 0) is 10.3 Å². The Kier molecular flexibility index (Phi) is 4.54. The quantitative estimate of drug-likeness (QED) is 0.839. The Morgan fingerprint density at radius 1 is 1.21 bits per heavy atom. The number of likely N-dealkylation sites (tertiary alicyclic amines) is 1. The summed E-state index contributed by atoms with van der Waals surface area (Å²) in [5.74, 6) is 0.425. The maximum absolute atomic E-state index is 12.5. The van der Waals surface area contributed by atoms with Crippen LogP contribution in [0.3, 0.4) is 0 Å². The van der Waals surface area contributed by atoms with Crippen LogP contribution in [0.4, 0.5) is 4.79 Å². The van der Waals surface area contributed by atoms with Crippen LogP contribution in [0, 0.1) is 0 Å². The minimum absolute atomic E-state index is 0.123. The van der Waals surface area contributed by atoms with E-state index in [4.69, 9.17) is 4.74 Å². The summed E-state index contributed by atoms with van der Waals surface area (Å²) >= 11 is 0. The first-order valence-electron chi connectivity index (χ1n) is 10.8. The monoisotopic (exact) mass is 382 g/mol. The number of benzene rings is 1. The average molecular weight is 383 g/mol. The van der Waals surface area contributed by atoms with E-state index < -0.39 is 0 Å². The van der Waals surface area contributed by atoms with E-state index in [0.29, 0.717) is 12.0 Å². The Morgan fingerprint density at radius 2 is 1.96 bits per heavy atom. The fourth-order valence-corrected chi connectivity index (χ4v) is 5.14. The zero-order valence-corrected chi connectivity index (χ0v) is 16.7. The number of piperidine rings is 1. The molecule has 2 amide bonds. The molecule has 1 aromatic carbocycles. The van der Waals surface area contributed by atoms with E-state index >= 15 is 0 Å². The average Bonchev–Trinajstić information content (AvgIpc) is 3.13. The van der Waals surface area contributed by atoms with Crippen molar-refractivity contribution in [2.75, 3.05) is 20.2 Å². The molecule has 1 aromatic heterocycles. The van der Waals surface area contributed by atoms with Crippen molar-refractivity contribution in [1.29, 1.82) is 0 Å². The van der Waals surface area contributed by atoms with Crippen molar-refractivity contribution < 1.29 is 9.53 Å². The molecule has 6 heteroatoms. The Hall–Kier alpha value is -2.08. The number of aromatic nitrogens is 2. The first-order chi connectivity index (χ1) is 13.7. The number of urea groups is 1. The van der Waals surface area contributed by atoms with Crippen LogP contribution in [0.25, 0.3) is 10.9 Å². The number of para-hydroxylation sites is 1. The maximum atomic E-state index is 12.5. The summed E-state index contributed by atoms with van der Waals surface area (Å²) in [4.78, 5) is 14.5. The fraction of sp³-hybridized carbons (Fsp3) is 0.636. The van der Waals surface area contributed by atoms with Crippen LogP contribution in [0.1, 0.15) is 68.5 Å². The number of hydrogen-bond donors (Lipinski definition) is 2. The summed E-state index contributed by atoms with van der Waals surface area (Å²) < 4.78 is 5.79. The third kappa shape index (κ3) is 3.08. The van der Waals surface area contributed by atoms with Crippen molar-refractivity contribution in [2.45, 2.75) is 68.9 Å². The molecule has 150 valence electrons. The number of fused-ring (bicyclic) bond motifs is 1. The van der Waals surface area contributed by atoms with Gasteiger partial charge in [-0.1, -0.05) is 31.0 Å². The summed E-state index contributed by atoms with van der Waals surface area (Å²) in [5.41, 5.74) is 3.36. The van der Waals surface area contributed by atoms with Gasteiger partial charge in [0, 0.05) is 48.8 Å². The molecule has 2 heterocycles. The van der Waals surface area contributed by atoms with Gasteiger partial charge in [-0.05, 0) is 38.5 Å². The van der Waals surface area contributed by atoms with Crippen molar-refractivity contribution >= 4 is 16.9 Å². The second-order valence-corrected chi connectivity index (χ2v) is 8.73. The number of H-pyrrole nitrogens is 1. The molecule has 0 bridgehead atoms. The number of carbonyl (C=O) groups excluding carboxylic acids is 1. The Morgan fingerprint density at radius 3 is 2.64 bits per heavy atom. The number of nitrogens with zero attached hydrogens (tertiary/aromatic N) is 2. The van der Waals surface area contributed by atoms with Crippen molar-refractivity contribution in [3.63, 3.8) is 0 Å². The number of aromatic amines is 1. The molecule has 2 aliphatic carbocycles. The summed E-state index contributed by atoms with van der Waals surface area (Å²) in [5, 5.41) is 12.4. The molecular formula is C22H30N4O2. The summed E-state index contributed by atoms with van der Waals surface area (Å²) in [6.45, 7) is 1.62. The lowest BCUT2D eigenvalue weighted by Gasteiger charge is -2.32. The number of amides is 2. The molecule has 5 rings (SSSR count). The van der Waals surface area contributed by atoms with Gasteiger partial charge in [0.25, 0.3) is 0 Å². The van der Waals surface area contributed by atoms with Gasteiger partial charge in [-0.3, -0.25) is 5.10 Å². The molecule has 2 N–H and O–H groups in total. The second kappa shape index (κ2) is 7.07. The largest absolute Gasteiger partial charge is 0.373 e. The van der Waals surface area contributed by atoms with Gasteiger partial charge < -0.3 is 15.0 Å². The molecule has 1 aliphatic heterocycles. The van der Waals surface area contributed by atoms with E-state index in [1.165, 1.54) is 29.5 Å². The Labute approximate surface area is 166 Å². The SMILES string of the molecule is COC1(c2cccc3c(C4CCN(C(=O)NC5CCCC5)CC4)[nH]nc23)CC1. The topological polar surface area (TPSA) is 70.2 Å². The van der Waals surface area contributed by atoms with E-state index in [9.17, 15) is 4.79 Å². The molecule has 2 aromatic rings. The highest BCUT2D eigenvalue weighted by molar-refractivity contribution is 5.86. The minimum atomic E-state index is -0.131. The van der Waals surface area contributed by atoms with Gasteiger partial charge in [-0.25, -0.2) is 4.79 Å². The predicted octanol–water partition coefficient (Wildman–Crippen LogP) is 4.03. The van der Waals surface area contributed by atoms with Crippen LogP contribution >= 0.6 is 0 Å². The highest BCUT2D eigenvalue weighted by Gasteiger charge is 2.46. The number of methoxy groups -OCH3 is 1. The molecule has 0 spiro atoms. The zero-order chi connectivity index (χ0) is 19.1. The van der Waals surface area contributed by atoms with Crippen molar-refractivity contribution in [3.05, 3.63) is 29.5 Å². The molecule has 2 saturated carbocycles. The first-order valence-corrected chi connectivity index (χ1v) is 10.8. The maximum Gasteiger partial charge on any atom is 0.317 e. The smallest absolute Gasteiger partial charge is 0.317 e. The standard InChI is InChI=1S/C22H30N4O2/c1-28-22(11-12-22)18-8-4-7-17-19(24-25-20(17)18)15-9-13-26(14-10-15)21(27)23-16-5-2-3-6-16/h4,7-8,15-16H,2-3,5-6,9-14H2,1H3,(H,23,27)(H,24,25). The van der Waals surface area contributed by atoms with E-state index in [1.54, 1.807) is 7.11 Å². The number of ether oxygens (including phenoxy) is 1. The van der Waals surface area contributed by atoms with E-state index in [-0.39, 0.29) is 11.6 Å². The molecule has 3 fully saturated rings. The number of nitrogens with one attached hydrogen (secondary N) is 2. The zero-order valence-electron chi connectivity index (χ0n) is 16.7. The summed E-state index contributed by atoms with van der Waals surface area (Å²) in [7, 11) is 1.80. The lowest BCUT2D eigenvalue weighted by molar-refractivity contribution is 0.0800. The number of hydrogen-bond acceptors (Lipinski definition) is 3. The van der Waals surface area contributed by atoms with Gasteiger partial charge >= 0.3 is 6.03 Å². The Balaban J connectivity index is 1.28. The lowest BCUT2D eigenvalue weighted by Crippen LogP contribution is -2.47. The van der Waals surface area contributed by atoms with Gasteiger partial charge in [0.05, 0.1) is 11.1 Å². The first kappa shape index (κ1) is 18.0. The second-order valence-electron chi connectivity index (χ2n) is 8.73. The van der Waals surface area contributed by atoms with Crippen LogP contribution in [0.2, 0.25) is 0 Å². The molecule has 3 aliphatic rings. The van der Waals surface area contributed by atoms with Crippen molar-refractivity contribution in [3.8, 4) is 0 Å². The third-order valence-electron chi connectivity index (χ3n) is 7.07. The van der Waals surface area contributed by atoms with Gasteiger partial charge in [0.15, 0.2) is 0 Å². The summed E-state index contributed by atoms with van der Waals surface area (Å²) in [6, 6.07) is 6.95. The fourth-order valence-electron chi connectivity index (χ4n) is 5.14. The number of rotatable bonds is 4. The van der Waals surface area contributed by atoms with Gasteiger partial charge in [-0.2, -0.15) is 5.10 Å². The Bertz CT molecular complexity index is 859. The van der Waals surface area contributed by atoms with Gasteiger partial charge in [0.2, 0.25) is 0 Å². The molecule has 6 nitrogen and oxygen atoms in total. The molecule has 1 saturated heterocycles. The highest BCUT2D eigenvalue weighted by Crippen LogP contribution is 2.51. The van der Waals surface area contributed by atoms with Crippen LogP contribution in [-0.4, -0.2) is 47.4 Å². The molecule has 0 unspecified atom stereocenters. The lowest BCUT2D eigenvalue weighted by atomic mass is 9.91. The normalized spacial score (nSPS) is 22.7. The molecular weight excluding hydrogens is 352 g/mol. The van der Waals surface area contributed by atoms with Gasteiger partial charge in [-0.15, -0.1) is 0 Å². The highest BCUT2D eigenvalue weighted by atomic mass is 16.5. The molecule has 0 atom stereocenters. The van der Waals surface area contributed by atoms with Crippen molar-refractivity contribution in [2.24, 2.45) is 0 Å². The van der Waals surface area contributed by atoms with Crippen LogP contribution in [0.5, 0.6) is 0 Å². The summed E-state index contributed by atoms with van der Waals surface area (Å²) in [6.07, 6.45) is 8.85. The van der Waals surface area contributed by atoms with E-state index in [0.717, 1.165) is 57.1 Å². The minimum Gasteiger partial charge on any atom is -0.373 e. The molecule has 0 radical (unpaired) electrons. The van der Waals surface area contributed by atoms with Crippen molar-refractivity contribution in [1.82, 2.24) is 20.4 Å². The van der Waals surface area contributed by atoms with Crippen LogP contribution in [0.15, 0.2) is 18.2 Å². The van der Waals surface area contributed by atoms with Crippen LogP contribution < -0.4 is 5.32 Å². The van der Waals surface area contributed by atoms with E-state index in [1.807, 2.05) is 4.90 Å². The number of carbonyl (C=O) groups is 1. The predicted molar refractivity (Wildman–Crippen MR) is 108 cm³/mol. The third-order valence-corrected chi connectivity index (χ3v) is 7.07. The molecule has 28 heavy (non-hydrogen) atoms. The van der Waals surface area contributed by atoms with Gasteiger partial charge in [0.1, 0.15) is 0 Å².